The summed E-state index contributed by atoms with van der Waals surface area (Å²) < 4.78 is 5.90. The van der Waals surface area contributed by atoms with Gasteiger partial charge in [-0.3, -0.25) is 9.69 Å². The van der Waals surface area contributed by atoms with E-state index in [1.165, 1.54) is 6.42 Å². The third kappa shape index (κ3) is 3.87. The predicted octanol–water partition coefficient (Wildman–Crippen LogP) is 5.38. The molecule has 3 aromatic rings. The van der Waals surface area contributed by atoms with Gasteiger partial charge in [-0.05, 0) is 64.4 Å². The quantitative estimate of drug-likeness (QED) is 0.625. The van der Waals surface area contributed by atoms with Gasteiger partial charge in [0.15, 0.2) is 0 Å². The van der Waals surface area contributed by atoms with E-state index in [2.05, 4.69) is 17.1 Å². The summed E-state index contributed by atoms with van der Waals surface area (Å²) in [5, 5.41) is 14.3. The number of anilines is 1. The molecule has 2 heterocycles. The predicted molar refractivity (Wildman–Crippen MR) is 115 cm³/mol. The van der Waals surface area contributed by atoms with Crippen LogP contribution in [-0.2, 0) is 6.54 Å². The average molecular weight is 392 g/mol. The van der Waals surface area contributed by atoms with Crippen LogP contribution in [0.2, 0.25) is 0 Å². The summed E-state index contributed by atoms with van der Waals surface area (Å²) in [4.78, 5) is 15.5. The number of aryl methyl sites for hydroxylation is 2. The van der Waals surface area contributed by atoms with E-state index in [0.717, 1.165) is 36.2 Å². The normalized spacial score (nSPS) is 17.6. The zero-order valence-electron chi connectivity index (χ0n) is 17.3. The number of nitrogens with one attached hydrogen (secondary N) is 1. The molecule has 4 rings (SSSR count). The minimum Gasteiger partial charge on any atom is -0.508 e. The van der Waals surface area contributed by atoms with E-state index in [0.29, 0.717) is 34.9 Å². The zero-order valence-corrected chi connectivity index (χ0v) is 17.3. The largest absolute Gasteiger partial charge is 0.508 e. The summed E-state index contributed by atoms with van der Waals surface area (Å²) in [6.07, 6.45) is 3.55. The minimum atomic E-state index is -0.219. The Hall–Kier alpha value is -2.79. The fourth-order valence-electron chi connectivity index (χ4n) is 4.23. The highest BCUT2D eigenvalue weighted by Crippen LogP contribution is 2.36. The Morgan fingerprint density at radius 1 is 1.17 bits per heavy atom. The van der Waals surface area contributed by atoms with Gasteiger partial charge < -0.3 is 14.8 Å². The second-order valence-electron chi connectivity index (χ2n) is 8.11. The van der Waals surface area contributed by atoms with Crippen LogP contribution in [-0.4, -0.2) is 28.5 Å². The first-order valence-electron chi connectivity index (χ1n) is 10.3. The lowest BCUT2D eigenvalue weighted by Crippen LogP contribution is -2.36. The van der Waals surface area contributed by atoms with Crippen molar-refractivity contribution in [3.05, 3.63) is 58.8 Å². The monoisotopic (exact) mass is 392 g/mol. The number of furan rings is 1. The molecule has 0 radical (unpaired) electrons. The van der Waals surface area contributed by atoms with Gasteiger partial charge in [-0.25, -0.2) is 0 Å². The second-order valence-corrected chi connectivity index (χ2v) is 8.11. The highest BCUT2D eigenvalue weighted by Gasteiger charge is 2.26. The number of carbonyl (C=O) groups excluding carboxylic acids is 1. The molecule has 1 saturated heterocycles. The van der Waals surface area contributed by atoms with Crippen molar-refractivity contribution >= 4 is 22.6 Å². The van der Waals surface area contributed by atoms with Gasteiger partial charge in [0.05, 0.1) is 5.56 Å². The maximum absolute atomic E-state index is 13.1. The van der Waals surface area contributed by atoms with Gasteiger partial charge in [-0.2, -0.15) is 0 Å². The molecule has 0 bridgehead atoms. The van der Waals surface area contributed by atoms with E-state index in [1.807, 2.05) is 31.2 Å². The van der Waals surface area contributed by atoms with E-state index in [4.69, 9.17) is 4.42 Å². The lowest BCUT2D eigenvalue weighted by atomic mass is 9.99. The minimum absolute atomic E-state index is 0.209. The molecule has 0 saturated carbocycles. The van der Waals surface area contributed by atoms with E-state index in [9.17, 15) is 9.90 Å². The summed E-state index contributed by atoms with van der Waals surface area (Å²) in [5.41, 5.74) is 3.77. The number of fused-ring (bicyclic) bond motifs is 1. The van der Waals surface area contributed by atoms with Gasteiger partial charge in [0.25, 0.3) is 5.91 Å². The first kappa shape index (κ1) is 19.5. The Kier molecular flexibility index (Phi) is 5.33. The molecule has 152 valence electrons. The first-order chi connectivity index (χ1) is 13.9. The molecule has 0 unspecified atom stereocenters. The van der Waals surface area contributed by atoms with Crippen LogP contribution < -0.4 is 5.32 Å². The second kappa shape index (κ2) is 7.91. The number of likely N-dealkylation sites (tertiary alicyclic amines) is 1. The third-order valence-electron chi connectivity index (χ3n) is 5.95. The summed E-state index contributed by atoms with van der Waals surface area (Å²) in [6, 6.07) is 11.6. The lowest BCUT2D eigenvalue weighted by molar-refractivity contribution is 0.102. The lowest BCUT2D eigenvalue weighted by Gasteiger charge is -2.33. The van der Waals surface area contributed by atoms with Gasteiger partial charge in [-0.1, -0.05) is 24.1 Å². The molecule has 1 aliphatic heterocycles. The summed E-state index contributed by atoms with van der Waals surface area (Å²) in [6.45, 7) is 7.64. The summed E-state index contributed by atoms with van der Waals surface area (Å²) in [7, 11) is 0. The first-order valence-corrected chi connectivity index (χ1v) is 10.3. The van der Waals surface area contributed by atoms with Crippen molar-refractivity contribution in [3.8, 4) is 5.75 Å². The molecule has 5 heteroatoms. The number of aromatic hydroxyl groups is 1. The number of hydrogen-bond donors (Lipinski definition) is 2. The number of piperidine rings is 1. The van der Waals surface area contributed by atoms with Crippen LogP contribution in [0, 0.1) is 13.8 Å². The Bertz CT molecular complexity index is 1040. The fraction of sp³-hybridized carbons (Fsp3) is 0.375. The van der Waals surface area contributed by atoms with Gasteiger partial charge in [-0.15, -0.1) is 0 Å². The van der Waals surface area contributed by atoms with E-state index < -0.39 is 0 Å². The van der Waals surface area contributed by atoms with Crippen LogP contribution in [0.3, 0.4) is 0 Å². The van der Waals surface area contributed by atoms with Crippen LogP contribution in [0.25, 0.3) is 11.0 Å². The molecule has 2 N–H and O–H groups in total. The topological polar surface area (TPSA) is 65.7 Å². The van der Waals surface area contributed by atoms with Crippen molar-refractivity contribution in [2.45, 2.75) is 52.6 Å². The molecule has 1 aliphatic rings. The van der Waals surface area contributed by atoms with Crippen molar-refractivity contribution in [1.82, 2.24) is 4.90 Å². The Balaban J connectivity index is 1.73. The Morgan fingerprint density at radius 3 is 2.66 bits per heavy atom. The number of carbonyl (C=O) groups is 1. The smallest absolute Gasteiger partial charge is 0.259 e. The number of amides is 1. The standard InChI is InChI=1S/C24H28N2O3/c1-15-7-9-18(10-8-15)25-24(28)22-17(3)29-21-12-11-20(27)19(23(21)22)14-26-13-5-4-6-16(26)2/h7-12,16,27H,4-6,13-14H2,1-3H3,(H,25,28)/t16-/m0/s1. The van der Waals surface area contributed by atoms with Crippen molar-refractivity contribution in [2.75, 3.05) is 11.9 Å². The third-order valence-corrected chi connectivity index (χ3v) is 5.95. The Labute approximate surface area is 171 Å². The number of benzene rings is 2. The molecule has 0 spiro atoms. The molecule has 1 atom stereocenters. The highest BCUT2D eigenvalue weighted by molar-refractivity contribution is 6.14. The van der Waals surface area contributed by atoms with Crippen LogP contribution >= 0.6 is 0 Å². The SMILES string of the molecule is Cc1ccc(NC(=O)c2c(C)oc3ccc(O)c(CN4CCCC[C@@H]4C)c23)cc1. The number of nitrogens with zero attached hydrogens (tertiary/aromatic N) is 1. The van der Waals surface area contributed by atoms with Crippen molar-refractivity contribution in [1.29, 1.82) is 0 Å². The zero-order chi connectivity index (χ0) is 20.5. The summed E-state index contributed by atoms with van der Waals surface area (Å²) >= 11 is 0. The van der Waals surface area contributed by atoms with E-state index in [-0.39, 0.29) is 11.7 Å². The number of phenolic OH excluding ortho intramolecular Hbond substituents is 1. The van der Waals surface area contributed by atoms with E-state index in [1.54, 1.807) is 19.1 Å². The van der Waals surface area contributed by atoms with Crippen LogP contribution in [0.4, 0.5) is 5.69 Å². The number of hydrogen-bond acceptors (Lipinski definition) is 4. The van der Waals surface area contributed by atoms with Gasteiger partial charge in [0, 0.05) is 29.2 Å². The molecule has 0 aliphatic carbocycles. The molecular formula is C24H28N2O3. The molecule has 1 amide bonds. The van der Waals surface area contributed by atoms with Crippen LogP contribution in [0.15, 0.2) is 40.8 Å². The molecule has 2 aromatic carbocycles. The van der Waals surface area contributed by atoms with Crippen LogP contribution in [0.1, 0.15) is 53.4 Å². The summed E-state index contributed by atoms with van der Waals surface area (Å²) in [5.74, 6) is 0.548. The van der Waals surface area contributed by atoms with Gasteiger partial charge >= 0.3 is 0 Å². The highest BCUT2D eigenvalue weighted by atomic mass is 16.3. The fourth-order valence-corrected chi connectivity index (χ4v) is 4.23. The van der Waals surface area contributed by atoms with Gasteiger partial charge in [0.1, 0.15) is 17.1 Å². The maximum Gasteiger partial charge on any atom is 0.259 e. The molecule has 5 nitrogen and oxygen atoms in total. The van der Waals surface area contributed by atoms with E-state index >= 15 is 0 Å². The molecule has 1 aromatic heterocycles. The van der Waals surface area contributed by atoms with Crippen molar-refractivity contribution in [3.63, 3.8) is 0 Å². The Morgan fingerprint density at radius 2 is 1.93 bits per heavy atom. The van der Waals surface area contributed by atoms with Gasteiger partial charge in [0.2, 0.25) is 0 Å². The molecular weight excluding hydrogens is 364 g/mol. The molecule has 29 heavy (non-hydrogen) atoms. The number of phenols is 1. The van der Waals surface area contributed by atoms with Crippen molar-refractivity contribution < 1.29 is 14.3 Å². The average Bonchev–Trinajstić information content (AvgIpc) is 3.03. The van der Waals surface area contributed by atoms with Crippen LogP contribution in [0.5, 0.6) is 5.75 Å². The number of rotatable bonds is 4. The molecule has 1 fully saturated rings. The maximum atomic E-state index is 13.1. The van der Waals surface area contributed by atoms with Crippen molar-refractivity contribution in [2.24, 2.45) is 0 Å².